The monoisotopic (exact) mass is 450 g/mol. The summed E-state index contributed by atoms with van der Waals surface area (Å²) in [4.78, 5) is 23.7. The maximum Gasteiger partial charge on any atom is 0.417 e. The van der Waals surface area contributed by atoms with Crippen molar-refractivity contribution in [3.05, 3.63) is 73.6 Å². The van der Waals surface area contributed by atoms with Gasteiger partial charge in [0.25, 0.3) is 5.56 Å². The van der Waals surface area contributed by atoms with Crippen LogP contribution < -0.4 is 5.56 Å². The summed E-state index contributed by atoms with van der Waals surface area (Å²) in [6, 6.07) is 3.99. The Bertz CT molecular complexity index is 1250. The largest absolute Gasteiger partial charge is 0.417 e. The molecule has 0 aliphatic heterocycles. The summed E-state index contributed by atoms with van der Waals surface area (Å²) in [5, 5.41) is -0.111. The molecule has 0 saturated heterocycles. The van der Waals surface area contributed by atoms with Crippen molar-refractivity contribution in [3.8, 4) is 0 Å². The SMILES string of the molecule is Cc1cc2nc(Cc3nc4cc(Br)c(C(F)(F)F)cc4c(=O)[nH]3)cn2cc1C. The van der Waals surface area contributed by atoms with Crippen LogP contribution in [-0.2, 0) is 12.6 Å². The molecule has 0 aliphatic rings. The number of aryl methyl sites for hydroxylation is 2. The summed E-state index contributed by atoms with van der Waals surface area (Å²) in [6.45, 7) is 4.00. The van der Waals surface area contributed by atoms with Crippen LogP contribution in [0.2, 0.25) is 0 Å². The highest BCUT2D eigenvalue weighted by Gasteiger charge is 2.33. The van der Waals surface area contributed by atoms with E-state index in [-0.39, 0.29) is 21.8 Å². The van der Waals surface area contributed by atoms with Gasteiger partial charge in [0.05, 0.1) is 22.2 Å². The lowest BCUT2D eigenvalue weighted by Gasteiger charge is -2.10. The number of halogens is 4. The molecule has 1 N–H and O–H groups in total. The molecule has 0 bridgehead atoms. The molecular weight excluding hydrogens is 437 g/mol. The lowest BCUT2D eigenvalue weighted by Crippen LogP contribution is -2.14. The van der Waals surface area contributed by atoms with Crippen molar-refractivity contribution in [3.63, 3.8) is 0 Å². The number of aromatic amines is 1. The third-order valence-electron chi connectivity index (χ3n) is 4.61. The van der Waals surface area contributed by atoms with Crippen LogP contribution in [0.4, 0.5) is 13.2 Å². The number of nitrogens with zero attached hydrogens (tertiary/aromatic N) is 3. The summed E-state index contributed by atoms with van der Waals surface area (Å²) in [6.07, 6.45) is -0.503. The third-order valence-corrected chi connectivity index (χ3v) is 5.26. The Morgan fingerprint density at radius 3 is 2.57 bits per heavy atom. The molecule has 0 unspecified atom stereocenters. The van der Waals surface area contributed by atoms with Gasteiger partial charge in [-0.15, -0.1) is 0 Å². The zero-order valence-electron chi connectivity index (χ0n) is 14.9. The topological polar surface area (TPSA) is 63.0 Å². The fourth-order valence-electron chi connectivity index (χ4n) is 3.06. The average Bonchev–Trinajstić information content (AvgIpc) is 2.94. The number of rotatable bonds is 2. The molecule has 0 spiro atoms. The van der Waals surface area contributed by atoms with Crippen molar-refractivity contribution in [2.45, 2.75) is 26.4 Å². The second-order valence-corrected chi connectivity index (χ2v) is 7.53. The number of nitrogens with one attached hydrogen (secondary N) is 1. The first-order valence-electron chi connectivity index (χ1n) is 8.36. The van der Waals surface area contributed by atoms with Crippen molar-refractivity contribution in [1.29, 1.82) is 0 Å². The van der Waals surface area contributed by atoms with Gasteiger partial charge in [-0.2, -0.15) is 13.2 Å². The van der Waals surface area contributed by atoms with Crippen LogP contribution in [0.15, 0.2) is 39.9 Å². The van der Waals surface area contributed by atoms with Crippen molar-refractivity contribution < 1.29 is 13.2 Å². The third kappa shape index (κ3) is 3.30. The van der Waals surface area contributed by atoms with Crippen LogP contribution in [0, 0.1) is 13.8 Å². The molecule has 4 rings (SSSR count). The van der Waals surface area contributed by atoms with Gasteiger partial charge in [-0.1, -0.05) is 15.9 Å². The molecule has 0 amide bonds. The highest BCUT2D eigenvalue weighted by Crippen LogP contribution is 2.36. The fourth-order valence-corrected chi connectivity index (χ4v) is 3.61. The van der Waals surface area contributed by atoms with Gasteiger partial charge in [-0.3, -0.25) is 4.79 Å². The molecule has 0 atom stereocenters. The molecule has 3 heterocycles. The molecule has 144 valence electrons. The van der Waals surface area contributed by atoms with Gasteiger partial charge in [0.2, 0.25) is 0 Å². The van der Waals surface area contributed by atoms with Gasteiger partial charge in [0.1, 0.15) is 11.5 Å². The van der Waals surface area contributed by atoms with Crippen molar-refractivity contribution >= 4 is 32.5 Å². The first-order chi connectivity index (χ1) is 13.1. The van der Waals surface area contributed by atoms with E-state index in [0.29, 0.717) is 11.5 Å². The van der Waals surface area contributed by atoms with E-state index in [1.165, 1.54) is 6.07 Å². The first kappa shape index (κ1) is 18.7. The number of H-pyrrole nitrogens is 1. The number of alkyl halides is 3. The first-order valence-corrected chi connectivity index (χ1v) is 9.15. The minimum absolute atomic E-state index is 0.111. The minimum Gasteiger partial charge on any atom is -0.310 e. The van der Waals surface area contributed by atoms with Crippen LogP contribution in [0.5, 0.6) is 0 Å². The van der Waals surface area contributed by atoms with E-state index >= 15 is 0 Å². The number of fused-ring (bicyclic) bond motifs is 2. The Balaban J connectivity index is 1.77. The van der Waals surface area contributed by atoms with Crippen molar-refractivity contribution in [2.24, 2.45) is 0 Å². The standard InChI is InChI=1S/C19H14BrF3N4O/c1-9-3-17-24-11(8-27(17)7-10(9)2)4-16-25-15-6-14(20)13(19(21,22)23)5-12(15)18(28)26-16/h3,5-8H,4H2,1-2H3,(H,25,26,28). The number of imidazole rings is 1. The predicted octanol–water partition coefficient (Wildman–Crippen LogP) is 4.56. The van der Waals surface area contributed by atoms with E-state index in [1.807, 2.05) is 36.7 Å². The fraction of sp³-hybridized carbons (Fsp3) is 0.211. The van der Waals surface area contributed by atoms with E-state index in [1.54, 1.807) is 0 Å². The maximum atomic E-state index is 13.1. The quantitative estimate of drug-likeness (QED) is 0.486. The van der Waals surface area contributed by atoms with Gasteiger partial charge in [-0.25, -0.2) is 9.97 Å². The molecule has 0 aliphatic carbocycles. The Hall–Kier alpha value is -2.68. The van der Waals surface area contributed by atoms with Crippen molar-refractivity contribution in [1.82, 2.24) is 19.4 Å². The number of hydrogen-bond acceptors (Lipinski definition) is 3. The second kappa shape index (κ2) is 6.44. The Labute approximate surface area is 165 Å². The van der Waals surface area contributed by atoms with E-state index in [9.17, 15) is 18.0 Å². The number of benzene rings is 1. The molecule has 0 radical (unpaired) electrons. The summed E-state index contributed by atoms with van der Waals surface area (Å²) in [5.74, 6) is 0.334. The molecular formula is C19H14BrF3N4O. The van der Waals surface area contributed by atoms with E-state index in [4.69, 9.17) is 0 Å². The predicted molar refractivity (Wildman–Crippen MR) is 103 cm³/mol. The Morgan fingerprint density at radius 1 is 1.11 bits per heavy atom. The van der Waals surface area contributed by atoms with Crippen LogP contribution in [0.25, 0.3) is 16.6 Å². The van der Waals surface area contributed by atoms with Gasteiger partial charge < -0.3 is 9.38 Å². The molecule has 0 saturated carbocycles. The number of pyridine rings is 1. The number of aromatic nitrogens is 4. The zero-order valence-corrected chi connectivity index (χ0v) is 16.4. The summed E-state index contributed by atoms with van der Waals surface area (Å²) in [7, 11) is 0. The molecule has 3 aromatic heterocycles. The second-order valence-electron chi connectivity index (χ2n) is 6.67. The minimum atomic E-state index is -4.56. The lowest BCUT2D eigenvalue weighted by atomic mass is 10.1. The molecule has 0 fully saturated rings. The van der Waals surface area contributed by atoms with Crippen LogP contribution >= 0.6 is 15.9 Å². The maximum absolute atomic E-state index is 13.1. The van der Waals surface area contributed by atoms with Crippen molar-refractivity contribution in [2.75, 3.05) is 0 Å². The van der Waals surface area contributed by atoms with E-state index in [0.717, 1.165) is 22.8 Å². The highest BCUT2D eigenvalue weighted by atomic mass is 79.9. The summed E-state index contributed by atoms with van der Waals surface area (Å²) >= 11 is 2.92. The molecule has 28 heavy (non-hydrogen) atoms. The summed E-state index contributed by atoms with van der Waals surface area (Å²) < 4.78 is 40.9. The molecule has 5 nitrogen and oxygen atoms in total. The smallest absolute Gasteiger partial charge is 0.310 e. The van der Waals surface area contributed by atoms with Crippen LogP contribution in [0.1, 0.15) is 28.2 Å². The Morgan fingerprint density at radius 2 is 1.86 bits per heavy atom. The highest BCUT2D eigenvalue weighted by molar-refractivity contribution is 9.10. The van der Waals surface area contributed by atoms with Gasteiger partial charge in [0.15, 0.2) is 0 Å². The van der Waals surface area contributed by atoms with Gasteiger partial charge in [-0.05, 0) is 43.2 Å². The van der Waals surface area contributed by atoms with Crippen LogP contribution in [0.3, 0.4) is 0 Å². The normalized spacial score (nSPS) is 12.2. The van der Waals surface area contributed by atoms with E-state index < -0.39 is 17.3 Å². The lowest BCUT2D eigenvalue weighted by molar-refractivity contribution is -0.138. The number of hydrogen-bond donors (Lipinski definition) is 1. The average molecular weight is 451 g/mol. The van der Waals surface area contributed by atoms with Gasteiger partial charge >= 0.3 is 6.18 Å². The van der Waals surface area contributed by atoms with Gasteiger partial charge in [0, 0.05) is 23.3 Å². The van der Waals surface area contributed by atoms with E-state index in [2.05, 4.69) is 30.9 Å². The van der Waals surface area contributed by atoms with Crippen LogP contribution in [-0.4, -0.2) is 19.4 Å². The molecule has 1 aromatic carbocycles. The molecule has 4 aromatic rings. The summed E-state index contributed by atoms with van der Waals surface area (Å²) in [5.41, 5.74) is 2.37. The molecule has 9 heteroatoms. The zero-order chi connectivity index (χ0) is 20.2. The Kier molecular flexibility index (Phi) is 4.29.